The molecule has 0 aliphatic carbocycles. The first-order valence-electron chi connectivity index (χ1n) is 6.92. The van der Waals surface area contributed by atoms with Crippen molar-refractivity contribution in [2.45, 2.75) is 32.4 Å². The highest BCUT2D eigenvalue weighted by atomic mass is 35.5. The van der Waals surface area contributed by atoms with E-state index in [4.69, 9.17) is 16.3 Å². The number of hydrogen-bond donors (Lipinski definition) is 1. The minimum absolute atomic E-state index is 0.287. The molecule has 0 saturated carbocycles. The zero-order chi connectivity index (χ0) is 15.6. The van der Waals surface area contributed by atoms with E-state index in [1.165, 1.54) is 12.1 Å². The molecule has 1 aliphatic heterocycles. The Kier molecular flexibility index (Phi) is 4.74. The van der Waals surface area contributed by atoms with Gasteiger partial charge in [-0.2, -0.15) is 0 Å². The lowest BCUT2D eigenvalue weighted by molar-refractivity contribution is 0.0194. The van der Waals surface area contributed by atoms with Gasteiger partial charge in [0.25, 0.3) is 0 Å². The average molecular weight is 315 g/mol. The van der Waals surface area contributed by atoms with E-state index >= 15 is 0 Å². The standard InChI is InChI=1S/C15H20ClFN2O2/c1-15(2,3)21-14(20)19-7-6-18-13(9-19)11-8-10(16)4-5-12(11)17/h4-5,8,13,18H,6-7,9H2,1-3H3. The Labute approximate surface area is 129 Å². The maximum absolute atomic E-state index is 13.9. The molecule has 0 radical (unpaired) electrons. The third-order valence-electron chi connectivity index (χ3n) is 3.16. The molecule has 6 heteroatoms. The summed E-state index contributed by atoms with van der Waals surface area (Å²) in [6, 6.07) is 4.15. The number of carbonyl (C=O) groups is 1. The van der Waals surface area contributed by atoms with Crippen LogP contribution in [0.15, 0.2) is 18.2 Å². The highest BCUT2D eigenvalue weighted by molar-refractivity contribution is 6.30. The Morgan fingerprint density at radius 2 is 2.19 bits per heavy atom. The zero-order valence-corrected chi connectivity index (χ0v) is 13.2. The Morgan fingerprint density at radius 3 is 2.86 bits per heavy atom. The molecule has 1 aromatic carbocycles. The predicted octanol–water partition coefficient (Wildman–Crippen LogP) is 3.36. The third kappa shape index (κ3) is 4.32. The van der Waals surface area contributed by atoms with Gasteiger partial charge in [0.05, 0.1) is 6.04 Å². The van der Waals surface area contributed by atoms with E-state index in [1.807, 2.05) is 20.8 Å². The summed E-state index contributed by atoms with van der Waals surface area (Å²) in [6.45, 7) is 6.93. The number of halogens is 2. The highest BCUT2D eigenvalue weighted by Gasteiger charge is 2.29. The molecule has 21 heavy (non-hydrogen) atoms. The SMILES string of the molecule is CC(C)(C)OC(=O)N1CCNC(c2cc(Cl)ccc2F)C1. The molecule has 116 valence electrons. The highest BCUT2D eigenvalue weighted by Crippen LogP contribution is 2.24. The number of amides is 1. The molecule has 1 aliphatic rings. The van der Waals surface area contributed by atoms with Crippen molar-refractivity contribution in [3.8, 4) is 0 Å². The monoisotopic (exact) mass is 314 g/mol. The minimum atomic E-state index is -0.543. The van der Waals surface area contributed by atoms with Gasteiger partial charge in [-0.15, -0.1) is 0 Å². The molecule has 2 rings (SSSR count). The summed E-state index contributed by atoms with van der Waals surface area (Å²) in [5.74, 6) is -0.331. The molecule has 1 amide bonds. The molecule has 1 N–H and O–H groups in total. The number of nitrogens with zero attached hydrogens (tertiary/aromatic N) is 1. The number of benzene rings is 1. The smallest absolute Gasteiger partial charge is 0.410 e. The lowest BCUT2D eigenvalue weighted by Crippen LogP contribution is -2.49. The summed E-state index contributed by atoms with van der Waals surface area (Å²) in [6.07, 6.45) is -0.378. The predicted molar refractivity (Wildman–Crippen MR) is 80.0 cm³/mol. The van der Waals surface area contributed by atoms with Gasteiger partial charge in [-0.25, -0.2) is 9.18 Å². The average Bonchev–Trinajstić information content (AvgIpc) is 2.40. The number of nitrogens with one attached hydrogen (secondary N) is 1. The van der Waals surface area contributed by atoms with Gasteiger partial charge in [0.1, 0.15) is 11.4 Å². The summed E-state index contributed by atoms with van der Waals surface area (Å²) in [4.78, 5) is 13.7. The first kappa shape index (κ1) is 16.0. The molecule has 1 aromatic rings. The molecule has 0 spiro atoms. The van der Waals surface area contributed by atoms with Gasteiger partial charge in [-0.3, -0.25) is 0 Å². The molecule has 1 unspecified atom stereocenters. The molecule has 0 aromatic heterocycles. The van der Waals surface area contributed by atoms with Crippen LogP contribution >= 0.6 is 11.6 Å². The van der Waals surface area contributed by atoms with Crippen molar-refractivity contribution in [2.75, 3.05) is 19.6 Å². The van der Waals surface area contributed by atoms with Crippen molar-refractivity contribution in [3.05, 3.63) is 34.6 Å². The van der Waals surface area contributed by atoms with Gasteiger partial charge in [-0.05, 0) is 39.0 Å². The van der Waals surface area contributed by atoms with Crippen molar-refractivity contribution < 1.29 is 13.9 Å². The molecule has 1 atom stereocenters. The van der Waals surface area contributed by atoms with E-state index in [-0.39, 0.29) is 18.0 Å². The van der Waals surface area contributed by atoms with Crippen LogP contribution in [0.1, 0.15) is 32.4 Å². The third-order valence-corrected chi connectivity index (χ3v) is 3.40. The topological polar surface area (TPSA) is 41.6 Å². The van der Waals surface area contributed by atoms with Crippen LogP contribution in [-0.2, 0) is 4.74 Å². The van der Waals surface area contributed by atoms with Gasteiger partial charge in [0, 0.05) is 30.2 Å². The van der Waals surface area contributed by atoms with Gasteiger partial charge < -0.3 is 15.0 Å². The Bertz CT molecular complexity index is 531. The van der Waals surface area contributed by atoms with Crippen LogP contribution in [0.2, 0.25) is 5.02 Å². The van der Waals surface area contributed by atoms with Crippen molar-refractivity contribution in [1.82, 2.24) is 10.2 Å². The fourth-order valence-electron chi connectivity index (χ4n) is 2.23. The van der Waals surface area contributed by atoms with Crippen LogP contribution in [-0.4, -0.2) is 36.2 Å². The van der Waals surface area contributed by atoms with Crippen LogP contribution < -0.4 is 5.32 Å². The van der Waals surface area contributed by atoms with Crippen LogP contribution in [0.4, 0.5) is 9.18 Å². The maximum Gasteiger partial charge on any atom is 0.410 e. The Morgan fingerprint density at radius 1 is 1.48 bits per heavy atom. The Hall–Kier alpha value is -1.33. The lowest BCUT2D eigenvalue weighted by atomic mass is 10.0. The largest absolute Gasteiger partial charge is 0.444 e. The quantitative estimate of drug-likeness (QED) is 0.864. The van der Waals surface area contributed by atoms with Crippen LogP contribution in [0.25, 0.3) is 0 Å². The summed E-state index contributed by atoms with van der Waals surface area (Å²) >= 11 is 5.92. The summed E-state index contributed by atoms with van der Waals surface area (Å²) < 4.78 is 19.3. The van der Waals surface area contributed by atoms with Crippen molar-refractivity contribution in [2.24, 2.45) is 0 Å². The molecular formula is C15H20ClFN2O2. The second-order valence-electron chi connectivity index (χ2n) is 6.10. The fourth-order valence-corrected chi connectivity index (χ4v) is 2.41. The van der Waals surface area contributed by atoms with Crippen molar-refractivity contribution in [1.29, 1.82) is 0 Å². The van der Waals surface area contributed by atoms with Crippen LogP contribution in [0.5, 0.6) is 0 Å². The fraction of sp³-hybridized carbons (Fsp3) is 0.533. The molecule has 4 nitrogen and oxygen atoms in total. The summed E-state index contributed by atoms with van der Waals surface area (Å²) in [5, 5.41) is 3.68. The van der Waals surface area contributed by atoms with Gasteiger partial charge >= 0.3 is 6.09 Å². The molecular weight excluding hydrogens is 295 g/mol. The molecule has 1 saturated heterocycles. The normalized spacial score (nSPS) is 19.5. The second-order valence-corrected chi connectivity index (χ2v) is 6.54. The maximum atomic E-state index is 13.9. The van der Waals surface area contributed by atoms with Crippen LogP contribution in [0.3, 0.4) is 0 Å². The number of carbonyl (C=O) groups excluding carboxylic acids is 1. The minimum Gasteiger partial charge on any atom is -0.444 e. The van der Waals surface area contributed by atoms with Gasteiger partial charge in [0.15, 0.2) is 0 Å². The van der Waals surface area contributed by atoms with Crippen molar-refractivity contribution in [3.63, 3.8) is 0 Å². The van der Waals surface area contributed by atoms with E-state index in [9.17, 15) is 9.18 Å². The van der Waals surface area contributed by atoms with Crippen molar-refractivity contribution >= 4 is 17.7 Å². The van der Waals surface area contributed by atoms with E-state index in [1.54, 1.807) is 11.0 Å². The summed E-state index contributed by atoms with van der Waals surface area (Å²) in [5.41, 5.74) is -0.0746. The van der Waals surface area contributed by atoms with Gasteiger partial charge in [-0.1, -0.05) is 11.6 Å². The van der Waals surface area contributed by atoms with Gasteiger partial charge in [0.2, 0.25) is 0 Å². The van der Waals surface area contributed by atoms with E-state index in [0.29, 0.717) is 30.2 Å². The number of ether oxygens (including phenoxy) is 1. The lowest BCUT2D eigenvalue weighted by Gasteiger charge is -2.35. The molecule has 1 fully saturated rings. The second kappa shape index (κ2) is 6.20. The Balaban J connectivity index is 2.10. The number of hydrogen-bond acceptors (Lipinski definition) is 3. The number of piperazine rings is 1. The van der Waals surface area contributed by atoms with E-state index in [0.717, 1.165) is 0 Å². The first-order valence-corrected chi connectivity index (χ1v) is 7.30. The first-order chi connectivity index (χ1) is 9.76. The molecule has 0 bridgehead atoms. The molecule has 1 heterocycles. The number of rotatable bonds is 1. The zero-order valence-electron chi connectivity index (χ0n) is 12.5. The van der Waals surface area contributed by atoms with Crippen LogP contribution in [0, 0.1) is 5.82 Å². The summed E-state index contributed by atoms with van der Waals surface area (Å²) in [7, 11) is 0. The van der Waals surface area contributed by atoms with E-state index < -0.39 is 5.60 Å². The van der Waals surface area contributed by atoms with E-state index in [2.05, 4.69) is 5.32 Å².